The van der Waals surface area contributed by atoms with Crippen molar-refractivity contribution in [3.63, 3.8) is 0 Å². The number of hydrogen-bond donors (Lipinski definition) is 1. The van der Waals surface area contributed by atoms with E-state index in [0.717, 1.165) is 30.4 Å². The van der Waals surface area contributed by atoms with Gasteiger partial charge in [0.2, 0.25) is 5.91 Å². The molecule has 0 aromatic carbocycles. The van der Waals surface area contributed by atoms with Gasteiger partial charge in [-0.05, 0) is 42.6 Å². The molecule has 120 valence electrons. The second kappa shape index (κ2) is 5.37. The molecule has 3 unspecified atom stereocenters. The average Bonchev–Trinajstić information content (AvgIpc) is 3.22. The van der Waals surface area contributed by atoms with Crippen LogP contribution in [-0.2, 0) is 11.8 Å². The Morgan fingerprint density at radius 3 is 2.86 bits per heavy atom. The van der Waals surface area contributed by atoms with E-state index in [-0.39, 0.29) is 12.0 Å². The Hall–Kier alpha value is -1.36. The van der Waals surface area contributed by atoms with Crippen LogP contribution in [-0.4, -0.2) is 39.7 Å². The molecule has 2 N–H and O–H groups in total. The third-order valence-corrected chi connectivity index (χ3v) is 6.19. The van der Waals surface area contributed by atoms with Gasteiger partial charge in [-0.3, -0.25) is 9.48 Å². The smallest absolute Gasteiger partial charge is 0.222 e. The molecule has 22 heavy (non-hydrogen) atoms. The normalized spacial score (nSPS) is 37.2. The number of hydrogen-bond acceptors (Lipinski definition) is 3. The first-order valence-corrected chi connectivity index (χ1v) is 8.62. The zero-order chi connectivity index (χ0) is 15.3. The van der Waals surface area contributed by atoms with E-state index in [9.17, 15) is 4.79 Å². The van der Waals surface area contributed by atoms with Gasteiger partial charge in [0.05, 0.1) is 6.20 Å². The minimum absolute atomic E-state index is 0.0354. The number of carbonyl (C=O) groups is 1. The third kappa shape index (κ3) is 2.45. The Bertz CT molecular complexity index is 569. The standard InChI is InChI=1S/C17H26N4O/c1-20-8-14(7-19-20)15-9-21(10-16(15)18)17(22)6-13-5-11-2-3-12(13)4-11/h7-8,11-13,15-16H,2-6,9-10,18H2,1H3/t11?,12?,13?,15-,16+/m0/s1. The van der Waals surface area contributed by atoms with Crippen LogP contribution >= 0.6 is 0 Å². The van der Waals surface area contributed by atoms with Crippen LogP contribution in [0.2, 0.25) is 0 Å². The van der Waals surface area contributed by atoms with Gasteiger partial charge in [-0.15, -0.1) is 0 Å². The van der Waals surface area contributed by atoms with E-state index < -0.39 is 0 Å². The first-order chi connectivity index (χ1) is 10.6. The van der Waals surface area contributed by atoms with E-state index in [1.165, 1.54) is 25.7 Å². The minimum Gasteiger partial charge on any atom is -0.340 e. The highest BCUT2D eigenvalue weighted by atomic mass is 16.2. The highest BCUT2D eigenvalue weighted by Gasteiger charge is 2.42. The predicted octanol–water partition coefficient (Wildman–Crippen LogP) is 1.50. The van der Waals surface area contributed by atoms with Gasteiger partial charge in [0, 0.05) is 44.7 Å². The molecule has 0 spiro atoms. The van der Waals surface area contributed by atoms with E-state index in [0.29, 0.717) is 18.4 Å². The maximum atomic E-state index is 12.7. The van der Waals surface area contributed by atoms with Crippen molar-refractivity contribution in [1.29, 1.82) is 0 Å². The Labute approximate surface area is 131 Å². The third-order valence-electron chi connectivity index (χ3n) is 6.19. The van der Waals surface area contributed by atoms with Gasteiger partial charge in [-0.25, -0.2) is 0 Å². The van der Waals surface area contributed by atoms with Crippen molar-refractivity contribution in [2.24, 2.45) is 30.5 Å². The van der Waals surface area contributed by atoms with E-state index in [1.807, 2.05) is 29.0 Å². The van der Waals surface area contributed by atoms with Crippen molar-refractivity contribution in [1.82, 2.24) is 14.7 Å². The van der Waals surface area contributed by atoms with Crippen LogP contribution in [0.15, 0.2) is 12.4 Å². The Morgan fingerprint density at radius 2 is 2.23 bits per heavy atom. The molecule has 3 fully saturated rings. The molecule has 3 aliphatic rings. The quantitative estimate of drug-likeness (QED) is 0.920. The van der Waals surface area contributed by atoms with Gasteiger partial charge in [0.15, 0.2) is 0 Å². The number of amides is 1. The van der Waals surface area contributed by atoms with Crippen LogP contribution in [0, 0.1) is 17.8 Å². The molecular formula is C17H26N4O. The van der Waals surface area contributed by atoms with Crippen LogP contribution in [0.5, 0.6) is 0 Å². The SMILES string of the molecule is Cn1cc([C@@H]2CN(C(=O)CC3CC4CCC3C4)C[C@H]2N)cn1. The lowest BCUT2D eigenvalue weighted by molar-refractivity contribution is -0.131. The molecule has 1 amide bonds. The Morgan fingerprint density at radius 1 is 1.36 bits per heavy atom. The lowest BCUT2D eigenvalue weighted by Crippen LogP contribution is -2.33. The summed E-state index contributed by atoms with van der Waals surface area (Å²) in [4.78, 5) is 14.6. The summed E-state index contributed by atoms with van der Waals surface area (Å²) in [6.07, 6.45) is 10.0. The summed E-state index contributed by atoms with van der Waals surface area (Å²) in [5, 5.41) is 4.23. The molecule has 2 bridgehead atoms. The molecule has 1 saturated heterocycles. The zero-order valence-corrected chi connectivity index (χ0v) is 13.3. The number of fused-ring (bicyclic) bond motifs is 2. The van der Waals surface area contributed by atoms with Crippen molar-refractivity contribution in [2.45, 2.75) is 44.1 Å². The molecule has 2 aliphatic carbocycles. The van der Waals surface area contributed by atoms with E-state index in [4.69, 9.17) is 5.73 Å². The molecule has 1 aliphatic heterocycles. The van der Waals surface area contributed by atoms with Gasteiger partial charge in [0.1, 0.15) is 0 Å². The Kier molecular flexibility index (Phi) is 3.48. The van der Waals surface area contributed by atoms with Crippen LogP contribution in [0.25, 0.3) is 0 Å². The lowest BCUT2D eigenvalue weighted by Gasteiger charge is -2.24. The zero-order valence-electron chi connectivity index (χ0n) is 13.3. The highest BCUT2D eigenvalue weighted by molar-refractivity contribution is 5.77. The van der Waals surface area contributed by atoms with Crippen LogP contribution in [0.1, 0.15) is 43.6 Å². The molecule has 5 heteroatoms. The fourth-order valence-electron chi connectivity index (χ4n) is 5.00. The summed E-state index contributed by atoms with van der Waals surface area (Å²) in [5.74, 6) is 2.92. The number of aryl methyl sites for hydroxylation is 1. The van der Waals surface area contributed by atoms with Gasteiger partial charge in [-0.1, -0.05) is 6.42 Å². The van der Waals surface area contributed by atoms with E-state index in [1.54, 1.807) is 0 Å². The fourth-order valence-corrected chi connectivity index (χ4v) is 5.00. The lowest BCUT2D eigenvalue weighted by atomic mass is 9.86. The summed E-state index contributed by atoms with van der Waals surface area (Å²) >= 11 is 0. The molecule has 0 radical (unpaired) electrons. The first-order valence-electron chi connectivity index (χ1n) is 8.62. The Balaban J connectivity index is 1.38. The molecular weight excluding hydrogens is 276 g/mol. The maximum Gasteiger partial charge on any atom is 0.222 e. The molecule has 2 heterocycles. The van der Waals surface area contributed by atoms with E-state index >= 15 is 0 Å². The number of likely N-dealkylation sites (tertiary alicyclic amines) is 1. The van der Waals surface area contributed by atoms with Crippen molar-refractivity contribution in [2.75, 3.05) is 13.1 Å². The topological polar surface area (TPSA) is 64.2 Å². The molecule has 5 nitrogen and oxygen atoms in total. The predicted molar refractivity (Wildman–Crippen MR) is 84.1 cm³/mol. The highest BCUT2D eigenvalue weighted by Crippen LogP contribution is 2.49. The van der Waals surface area contributed by atoms with Crippen LogP contribution in [0.3, 0.4) is 0 Å². The number of nitrogens with two attached hydrogens (primary N) is 1. The number of aromatic nitrogens is 2. The monoisotopic (exact) mass is 302 g/mol. The van der Waals surface area contributed by atoms with Crippen molar-refractivity contribution >= 4 is 5.91 Å². The summed E-state index contributed by atoms with van der Waals surface area (Å²) < 4.78 is 1.81. The minimum atomic E-state index is 0.0354. The van der Waals surface area contributed by atoms with E-state index in [2.05, 4.69) is 5.10 Å². The van der Waals surface area contributed by atoms with Crippen molar-refractivity contribution < 1.29 is 4.79 Å². The maximum absolute atomic E-state index is 12.7. The second-order valence-corrected chi connectivity index (χ2v) is 7.66. The molecule has 5 atom stereocenters. The van der Waals surface area contributed by atoms with Gasteiger partial charge < -0.3 is 10.6 Å². The summed E-state index contributed by atoms with van der Waals surface area (Å²) in [6, 6.07) is 0.0354. The van der Waals surface area contributed by atoms with Crippen molar-refractivity contribution in [3.05, 3.63) is 18.0 Å². The fraction of sp³-hybridized carbons (Fsp3) is 0.765. The second-order valence-electron chi connectivity index (χ2n) is 7.66. The molecule has 4 rings (SSSR count). The summed E-state index contributed by atoms with van der Waals surface area (Å²) in [5.41, 5.74) is 7.44. The number of carbonyl (C=O) groups excluding carboxylic acids is 1. The van der Waals surface area contributed by atoms with Gasteiger partial charge in [-0.2, -0.15) is 5.10 Å². The van der Waals surface area contributed by atoms with Crippen LogP contribution in [0.4, 0.5) is 0 Å². The van der Waals surface area contributed by atoms with Gasteiger partial charge >= 0.3 is 0 Å². The molecule has 1 aromatic heterocycles. The van der Waals surface area contributed by atoms with Crippen LogP contribution < -0.4 is 5.73 Å². The first kappa shape index (κ1) is 14.2. The van der Waals surface area contributed by atoms with Gasteiger partial charge in [0.25, 0.3) is 0 Å². The number of nitrogens with zero attached hydrogens (tertiary/aromatic N) is 3. The molecule has 1 aromatic rings. The summed E-state index contributed by atoms with van der Waals surface area (Å²) in [6.45, 7) is 1.45. The summed E-state index contributed by atoms with van der Waals surface area (Å²) in [7, 11) is 1.92. The van der Waals surface area contributed by atoms with Crippen molar-refractivity contribution in [3.8, 4) is 0 Å². The number of rotatable bonds is 3. The average molecular weight is 302 g/mol. The largest absolute Gasteiger partial charge is 0.340 e. The molecule has 2 saturated carbocycles.